The Morgan fingerprint density at radius 1 is 1.24 bits per heavy atom. The minimum absolute atomic E-state index is 0.0807. The van der Waals surface area contributed by atoms with Gasteiger partial charge in [0.1, 0.15) is 0 Å². The summed E-state index contributed by atoms with van der Waals surface area (Å²) in [5, 5.41) is 0.765. The summed E-state index contributed by atoms with van der Waals surface area (Å²) in [5.41, 5.74) is 4.45. The Morgan fingerprint density at radius 2 is 2.00 bits per heavy atom. The molecule has 1 heterocycles. The van der Waals surface area contributed by atoms with E-state index >= 15 is 0 Å². The smallest absolute Gasteiger partial charge is 0.229 e. The van der Waals surface area contributed by atoms with Crippen LogP contribution in [0.3, 0.4) is 0 Å². The zero-order valence-electron chi connectivity index (χ0n) is 14.7. The molecule has 25 heavy (non-hydrogen) atoms. The summed E-state index contributed by atoms with van der Waals surface area (Å²) >= 11 is 1.58. The largest absolute Gasteiger partial charge is 0.284 e. The molecule has 0 radical (unpaired) electrons. The summed E-state index contributed by atoms with van der Waals surface area (Å²) in [6.45, 7) is 8.41. The van der Waals surface area contributed by atoms with Crippen molar-refractivity contribution in [2.45, 2.75) is 33.2 Å². The lowest BCUT2D eigenvalue weighted by Crippen LogP contribution is -2.29. The minimum atomic E-state index is 0.0807. The lowest BCUT2D eigenvalue weighted by atomic mass is 10.1. The van der Waals surface area contributed by atoms with Crippen LogP contribution in [-0.4, -0.2) is 10.9 Å². The van der Waals surface area contributed by atoms with Gasteiger partial charge in [-0.1, -0.05) is 53.8 Å². The van der Waals surface area contributed by atoms with Crippen molar-refractivity contribution in [1.82, 2.24) is 4.98 Å². The van der Waals surface area contributed by atoms with E-state index in [1.165, 1.54) is 5.56 Å². The summed E-state index contributed by atoms with van der Waals surface area (Å²) in [6, 6.07) is 14.3. The molecule has 0 spiro atoms. The van der Waals surface area contributed by atoms with Crippen molar-refractivity contribution in [1.29, 1.82) is 0 Å². The topological polar surface area (TPSA) is 33.2 Å². The fourth-order valence-corrected chi connectivity index (χ4v) is 4.02. The van der Waals surface area contributed by atoms with Crippen molar-refractivity contribution in [3.8, 4) is 0 Å². The highest BCUT2D eigenvalue weighted by Gasteiger charge is 2.20. The van der Waals surface area contributed by atoms with E-state index in [0.29, 0.717) is 19.4 Å². The predicted molar refractivity (Wildman–Crippen MR) is 106 cm³/mol. The summed E-state index contributed by atoms with van der Waals surface area (Å²) < 4.78 is 1.13. The Labute approximate surface area is 152 Å². The van der Waals surface area contributed by atoms with E-state index in [-0.39, 0.29) is 5.91 Å². The normalized spacial score (nSPS) is 10.8. The second kappa shape index (κ2) is 7.62. The van der Waals surface area contributed by atoms with Gasteiger partial charge in [0.2, 0.25) is 5.91 Å². The molecule has 3 nitrogen and oxygen atoms in total. The number of thiazole rings is 1. The number of fused-ring (bicyclic) bond motifs is 1. The summed E-state index contributed by atoms with van der Waals surface area (Å²) in [7, 11) is 0. The Hall–Kier alpha value is -2.46. The first-order chi connectivity index (χ1) is 12.1. The highest BCUT2D eigenvalue weighted by Crippen LogP contribution is 2.32. The van der Waals surface area contributed by atoms with Gasteiger partial charge in [0.05, 0.1) is 16.8 Å². The third kappa shape index (κ3) is 3.97. The van der Waals surface area contributed by atoms with Crippen LogP contribution in [0.4, 0.5) is 5.13 Å². The Balaban J connectivity index is 1.99. The SMILES string of the molecule is C=CCCC(=O)N(Cc1ccccc1)c1nc2c(C)cc(C)cc2s1. The Morgan fingerprint density at radius 3 is 2.72 bits per heavy atom. The van der Waals surface area contributed by atoms with Gasteiger partial charge in [0.15, 0.2) is 5.13 Å². The van der Waals surface area contributed by atoms with E-state index < -0.39 is 0 Å². The number of rotatable bonds is 6. The molecule has 4 heteroatoms. The number of benzene rings is 2. The first kappa shape index (κ1) is 17.4. The molecule has 3 aromatic rings. The summed E-state index contributed by atoms with van der Waals surface area (Å²) in [4.78, 5) is 19.4. The van der Waals surface area contributed by atoms with Gasteiger partial charge < -0.3 is 0 Å². The van der Waals surface area contributed by atoms with Crippen LogP contribution >= 0.6 is 11.3 Å². The Bertz CT molecular complexity index is 899. The van der Waals surface area contributed by atoms with Gasteiger partial charge in [0, 0.05) is 6.42 Å². The van der Waals surface area contributed by atoms with Crippen molar-refractivity contribution in [2.24, 2.45) is 0 Å². The first-order valence-electron chi connectivity index (χ1n) is 8.41. The number of hydrogen-bond donors (Lipinski definition) is 0. The molecular formula is C21H22N2OS. The third-order valence-electron chi connectivity index (χ3n) is 4.10. The fraction of sp³-hybridized carbons (Fsp3) is 0.238. The number of aromatic nitrogens is 1. The molecule has 0 N–H and O–H groups in total. The molecule has 0 aliphatic rings. The number of nitrogens with zero attached hydrogens (tertiary/aromatic N) is 2. The van der Waals surface area contributed by atoms with E-state index in [9.17, 15) is 4.79 Å². The summed E-state index contributed by atoms with van der Waals surface area (Å²) in [5.74, 6) is 0.0807. The maximum absolute atomic E-state index is 12.8. The molecule has 1 amide bonds. The number of carbonyl (C=O) groups is 1. The van der Waals surface area contributed by atoms with Crippen molar-refractivity contribution < 1.29 is 4.79 Å². The van der Waals surface area contributed by atoms with Crippen LogP contribution in [0.2, 0.25) is 0 Å². The van der Waals surface area contributed by atoms with E-state index in [2.05, 4.69) is 32.6 Å². The highest BCUT2D eigenvalue weighted by molar-refractivity contribution is 7.22. The average molecular weight is 350 g/mol. The zero-order valence-corrected chi connectivity index (χ0v) is 15.5. The molecule has 0 atom stereocenters. The molecule has 3 rings (SSSR count). The van der Waals surface area contributed by atoms with Crippen molar-refractivity contribution in [2.75, 3.05) is 4.90 Å². The van der Waals surface area contributed by atoms with E-state index in [1.54, 1.807) is 22.3 Å². The van der Waals surface area contributed by atoms with Gasteiger partial charge in [-0.2, -0.15) is 0 Å². The standard InChI is InChI=1S/C21H22N2OS/c1-4-5-11-19(24)23(14-17-9-7-6-8-10-17)21-22-20-16(3)12-15(2)13-18(20)25-21/h4,6-10,12-13H,1,5,11,14H2,2-3H3. The first-order valence-corrected chi connectivity index (χ1v) is 9.23. The van der Waals surface area contributed by atoms with Crippen LogP contribution in [0, 0.1) is 13.8 Å². The van der Waals surface area contributed by atoms with Crippen molar-refractivity contribution in [3.05, 3.63) is 71.8 Å². The molecule has 0 unspecified atom stereocenters. The summed E-state index contributed by atoms with van der Waals surface area (Å²) in [6.07, 6.45) is 2.90. The lowest BCUT2D eigenvalue weighted by Gasteiger charge is -2.19. The highest BCUT2D eigenvalue weighted by atomic mass is 32.1. The Kier molecular flexibility index (Phi) is 5.29. The van der Waals surface area contributed by atoms with E-state index in [4.69, 9.17) is 4.98 Å². The third-order valence-corrected chi connectivity index (χ3v) is 5.12. The monoisotopic (exact) mass is 350 g/mol. The van der Waals surface area contributed by atoms with Crippen LogP contribution in [0.5, 0.6) is 0 Å². The molecule has 0 bridgehead atoms. The number of allylic oxidation sites excluding steroid dienone is 1. The van der Waals surface area contributed by atoms with Crippen LogP contribution in [-0.2, 0) is 11.3 Å². The van der Waals surface area contributed by atoms with Gasteiger partial charge in [-0.05, 0) is 43.0 Å². The molecular weight excluding hydrogens is 328 g/mol. The van der Waals surface area contributed by atoms with E-state index in [1.807, 2.05) is 30.3 Å². The van der Waals surface area contributed by atoms with Gasteiger partial charge in [-0.15, -0.1) is 6.58 Å². The molecule has 0 saturated heterocycles. The number of aryl methyl sites for hydroxylation is 2. The average Bonchev–Trinajstić information content (AvgIpc) is 3.02. The molecule has 1 aromatic heterocycles. The zero-order chi connectivity index (χ0) is 17.8. The number of amides is 1. The van der Waals surface area contributed by atoms with Gasteiger partial charge >= 0.3 is 0 Å². The van der Waals surface area contributed by atoms with Crippen LogP contribution < -0.4 is 4.90 Å². The van der Waals surface area contributed by atoms with Gasteiger partial charge in [0.25, 0.3) is 0 Å². The second-order valence-corrected chi connectivity index (χ2v) is 7.23. The maximum Gasteiger partial charge on any atom is 0.229 e. The molecule has 0 aliphatic carbocycles. The minimum Gasteiger partial charge on any atom is -0.284 e. The van der Waals surface area contributed by atoms with Gasteiger partial charge in [-0.25, -0.2) is 4.98 Å². The quantitative estimate of drug-likeness (QED) is 0.557. The molecule has 0 saturated carbocycles. The molecule has 0 fully saturated rings. The van der Waals surface area contributed by atoms with Crippen LogP contribution in [0.25, 0.3) is 10.2 Å². The van der Waals surface area contributed by atoms with Crippen LogP contribution in [0.1, 0.15) is 29.5 Å². The molecule has 0 aliphatic heterocycles. The van der Waals surface area contributed by atoms with E-state index in [0.717, 1.165) is 26.5 Å². The predicted octanol–water partition coefficient (Wildman–Crippen LogP) is 5.41. The molecule has 128 valence electrons. The van der Waals surface area contributed by atoms with Crippen molar-refractivity contribution >= 4 is 32.6 Å². The maximum atomic E-state index is 12.8. The van der Waals surface area contributed by atoms with Crippen molar-refractivity contribution in [3.63, 3.8) is 0 Å². The fourth-order valence-electron chi connectivity index (χ4n) is 2.86. The lowest BCUT2D eigenvalue weighted by molar-refractivity contribution is -0.118. The van der Waals surface area contributed by atoms with Gasteiger partial charge in [-0.3, -0.25) is 9.69 Å². The van der Waals surface area contributed by atoms with Crippen LogP contribution in [0.15, 0.2) is 55.1 Å². The molecule has 2 aromatic carbocycles. The number of carbonyl (C=O) groups excluding carboxylic acids is 1. The second-order valence-electron chi connectivity index (χ2n) is 6.22. The number of hydrogen-bond acceptors (Lipinski definition) is 3. The number of anilines is 1.